The summed E-state index contributed by atoms with van der Waals surface area (Å²) >= 11 is 0. The standard InChI is InChI=1S/C18H23N3O/c1-13-11-19-17(21-14(13)2)20-12-18(9-6-10-18)15-7-4-5-8-16(15)22-3/h4-5,7-8,11H,6,9-10,12H2,1-3H3,(H,19,20,21). The lowest BCUT2D eigenvalue weighted by atomic mass is 9.64. The number of hydrogen-bond donors (Lipinski definition) is 1. The SMILES string of the molecule is COc1ccccc1C1(CNc2ncc(C)c(C)n2)CCC1. The van der Waals surface area contributed by atoms with Gasteiger partial charge in [0.1, 0.15) is 5.75 Å². The molecule has 2 aromatic rings. The molecule has 1 fully saturated rings. The summed E-state index contributed by atoms with van der Waals surface area (Å²) in [5.74, 6) is 1.69. The van der Waals surface area contributed by atoms with Crippen LogP contribution in [0.4, 0.5) is 5.95 Å². The minimum absolute atomic E-state index is 0.134. The summed E-state index contributed by atoms with van der Waals surface area (Å²) in [6, 6.07) is 8.34. The van der Waals surface area contributed by atoms with Crippen molar-refractivity contribution in [3.63, 3.8) is 0 Å². The largest absolute Gasteiger partial charge is 0.496 e. The highest BCUT2D eigenvalue weighted by atomic mass is 16.5. The molecule has 4 nitrogen and oxygen atoms in total. The molecule has 1 saturated carbocycles. The first kappa shape index (κ1) is 14.8. The molecule has 1 aliphatic rings. The van der Waals surface area contributed by atoms with Crippen LogP contribution < -0.4 is 10.1 Å². The first-order valence-corrected chi connectivity index (χ1v) is 7.82. The fourth-order valence-corrected chi connectivity index (χ4v) is 3.09. The summed E-state index contributed by atoms with van der Waals surface area (Å²) in [5.41, 5.74) is 3.57. The van der Waals surface area contributed by atoms with Gasteiger partial charge in [0.15, 0.2) is 0 Å². The summed E-state index contributed by atoms with van der Waals surface area (Å²) in [6.45, 7) is 4.89. The van der Waals surface area contributed by atoms with Gasteiger partial charge in [-0.3, -0.25) is 0 Å². The molecule has 0 atom stereocenters. The fourth-order valence-electron chi connectivity index (χ4n) is 3.09. The lowest BCUT2D eigenvalue weighted by Gasteiger charge is -2.43. The highest BCUT2D eigenvalue weighted by Crippen LogP contribution is 2.46. The fraction of sp³-hybridized carbons (Fsp3) is 0.444. The maximum atomic E-state index is 5.56. The quantitative estimate of drug-likeness (QED) is 0.915. The van der Waals surface area contributed by atoms with E-state index in [4.69, 9.17) is 4.74 Å². The Bertz CT molecular complexity index is 665. The van der Waals surface area contributed by atoms with Crippen molar-refractivity contribution in [1.29, 1.82) is 0 Å². The maximum absolute atomic E-state index is 5.56. The first-order chi connectivity index (χ1) is 10.6. The Morgan fingerprint density at radius 2 is 2.00 bits per heavy atom. The number of ether oxygens (including phenoxy) is 1. The molecule has 0 spiro atoms. The molecule has 3 rings (SSSR count). The highest BCUT2D eigenvalue weighted by Gasteiger charge is 2.40. The molecule has 1 N–H and O–H groups in total. The van der Waals surface area contributed by atoms with Crippen LogP contribution in [0.5, 0.6) is 5.75 Å². The molecule has 0 radical (unpaired) electrons. The summed E-state index contributed by atoms with van der Waals surface area (Å²) in [7, 11) is 1.74. The molecule has 0 saturated heterocycles. The summed E-state index contributed by atoms with van der Waals surface area (Å²) in [6.07, 6.45) is 5.48. The van der Waals surface area contributed by atoms with Crippen molar-refractivity contribution in [3.8, 4) is 5.75 Å². The van der Waals surface area contributed by atoms with Gasteiger partial charge in [0.05, 0.1) is 7.11 Å². The second kappa shape index (κ2) is 5.95. The Balaban J connectivity index is 1.80. The molecular weight excluding hydrogens is 274 g/mol. The van der Waals surface area contributed by atoms with E-state index in [0.29, 0.717) is 5.95 Å². The van der Waals surface area contributed by atoms with Gasteiger partial charge in [0.2, 0.25) is 5.95 Å². The number of nitrogens with one attached hydrogen (secondary N) is 1. The second-order valence-corrected chi connectivity index (χ2v) is 6.15. The van der Waals surface area contributed by atoms with E-state index in [0.717, 1.165) is 23.6 Å². The number of rotatable bonds is 5. The van der Waals surface area contributed by atoms with E-state index >= 15 is 0 Å². The minimum atomic E-state index is 0.134. The van der Waals surface area contributed by atoms with Gasteiger partial charge < -0.3 is 10.1 Å². The van der Waals surface area contributed by atoms with Crippen molar-refractivity contribution in [1.82, 2.24) is 9.97 Å². The highest BCUT2D eigenvalue weighted by molar-refractivity contribution is 5.43. The number of aromatic nitrogens is 2. The predicted molar refractivity (Wildman–Crippen MR) is 88.5 cm³/mol. The molecule has 0 amide bonds. The predicted octanol–water partition coefficient (Wildman–Crippen LogP) is 3.64. The van der Waals surface area contributed by atoms with Gasteiger partial charge in [0, 0.05) is 29.4 Å². The summed E-state index contributed by atoms with van der Waals surface area (Å²) < 4.78 is 5.56. The third-order valence-corrected chi connectivity index (χ3v) is 4.80. The molecule has 1 aromatic carbocycles. The maximum Gasteiger partial charge on any atom is 0.222 e. The Kier molecular flexibility index (Phi) is 4.01. The van der Waals surface area contributed by atoms with E-state index < -0.39 is 0 Å². The average Bonchev–Trinajstić information content (AvgIpc) is 2.50. The molecule has 1 heterocycles. The smallest absolute Gasteiger partial charge is 0.222 e. The van der Waals surface area contributed by atoms with Crippen LogP contribution in [-0.2, 0) is 5.41 Å². The Labute approximate surface area is 132 Å². The van der Waals surface area contributed by atoms with E-state index in [1.54, 1.807) is 7.11 Å². The first-order valence-electron chi connectivity index (χ1n) is 7.82. The van der Waals surface area contributed by atoms with Crippen molar-refractivity contribution in [2.24, 2.45) is 0 Å². The number of nitrogens with zero attached hydrogens (tertiary/aromatic N) is 2. The second-order valence-electron chi connectivity index (χ2n) is 6.15. The number of methoxy groups -OCH3 is 1. The van der Waals surface area contributed by atoms with E-state index in [1.165, 1.54) is 24.8 Å². The van der Waals surface area contributed by atoms with Gasteiger partial charge in [-0.1, -0.05) is 24.6 Å². The van der Waals surface area contributed by atoms with Crippen LogP contribution in [0, 0.1) is 13.8 Å². The Morgan fingerprint density at radius 3 is 2.64 bits per heavy atom. The van der Waals surface area contributed by atoms with Crippen molar-refractivity contribution < 1.29 is 4.74 Å². The Morgan fingerprint density at radius 1 is 1.23 bits per heavy atom. The number of benzene rings is 1. The molecule has 0 aliphatic heterocycles. The van der Waals surface area contributed by atoms with Gasteiger partial charge >= 0.3 is 0 Å². The normalized spacial score (nSPS) is 16.0. The van der Waals surface area contributed by atoms with Gasteiger partial charge in [-0.15, -0.1) is 0 Å². The van der Waals surface area contributed by atoms with E-state index in [-0.39, 0.29) is 5.41 Å². The number of anilines is 1. The van der Waals surface area contributed by atoms with Gasteiger partial charge in [-0.25, -0.2) is 9.97 Å². The zero-order valence-corrected chi connectivity index (χ0v) is 13.5. The van der Waals surface area contributed by atoms with Crippen molar-refractivity contribution in [2.45, 2.75) is 38.5 Å². The number of aryl methyl sites for hydroxylation is 2. The van der Waals surface area contributed by atoms with Crippen LogP contribution in [0.15, 0.2) is 30.5 Å². The monoisotopic (exact) mass is 297 g/mol. The molecule has 4 heteroatoms. The average molecular weight is 297 g/mol. The lowest BCUT2D eigenvalue weighted by Crippen LogP contribution is -2.41. The zero-order chi connectivity index (χ0) is 15.6. The molecule has 116 valence electrons. The van der Waals surface area contributed by atoms with Gasteiger partial charge in [0.25, 0.3) is 0 Å². The summed E-state index contributed by atoms with van der Waals surface area (Å²) in [5, 5.41) is 3.43. The topological polar surface area (TPSA) is 47.0 Å². The van der Waals surface area contributed by atoms with Crippen molar-refractivity contribution in [2.75, 3.05) is 19.0 Å². The van der Waals surface area contributed by atoms with E-state index in [9.17, 15) is 0 Å². The van der Waals surface area contributed by atoms with Gasteiger partial charge in [-0.2, -0.15) is 0 Å². The van der Waals surface area contributed by atoms with Crippen LogP contribution >= 0.6 is 0 Å². The van der Waals surface area contributed by atoms with Gasteiger partial charge in [-0.05, 0) is 38.3 Å². The molecule has 0 bridgehead atoms. The summed E-state index contributed by atoms with van der Waals surface area (Å²) in [4.78, 5) is 8.90. The van der Waals surface area contributed by atoms with Crippen LogP contribution in [0.1, 0.15) is 36.1 Å². The van der Waals surface area contributed by atoms with Crippen LogP contribution in [-0.4, -0.2) is 23.6 Å². The molecular formula is C18H23N3O. The van der Waals surface area contributed by atoms with Crippen molar-refractivity contribution in [3.05, 3.63) is 47.3 Å². The minimum Gasteiger partial charge on any atom is -0.496 e. The van der Waals surface area contributed by atoms with Crippen LogP contribution in [0.2, 0.25) is 0 Å². The van der Waals surface area contributed by atoms with E-state index in [1.807, 2.05) is 32.2 Å². The molecule has 1 aromatic heterocycles. The third-order valence-electron chi connectivity index (χ3n) is 4.80. The third kappa shape index (κ3) is 2.65. The van der Waals surface area contributed by atoms with E-state index in [2.05, 4.69) is 27.4 Å². The van der Waals surface area contributed by atoms with Crippen LogP contribution in [0.25, 0.3) is 0 Å². The van der Waals surface area contributed by atoms with Crippen molar-refractivity contribution >= 4 is 5.95 Å². The number of para-hydroxylation sites is 1. The number of hydrogen-bond acceptors (Lipinski definition) is 4. The van der Waals surface area contributed by atoms with Crippen LogP contribution in [0.3, 0.4) is 0 Å². The molecule has 1 aliphatic carbocycles. The zero-order valence-electron chi connectivity index (χ0n) is 13.5. The molecule has 0 unspecified atom stereocenters. The Hall–Kier alpha value is -2.10. The lowest BCUT2D eigenvalue weighted by molar-refractivity contribution is 0.250. The molecule has 22 heavy (non-hydrogen) atoms.